The maximum Gasteiger partial charge on any atom is 0.375 e. The zero-order valence-electron chi connectivity index (χ0n) is 13.4. The highest BCUT2D eigenvalue weighted by atomic mass is 16.6. The van der Waals surface area contributed by atoms with Crippen molar-refractivity contribution in [3.05, 3.63) is 72.2 Å². The molecule has 5 nitrogen and oxygen atoms in total. The number of rotatable bonds is 4. The fraction of sp³-hybridized carbons (Fsp3) is 0.150. The smallest absolute Gasteiger partial charge is 0.375 e. The Morgan fingerprint density at radius 3 is 2.60 bits per heavy atom. The summed E-state index contributed by atoms with van der Waals surface area (Å²) in [6, 6.07) is 16.8. The van der Waals surface area contributed by atoms with Crippen LogP contribution in [0.4, 0.5) is 0 Å². The first kappa shape index (κ1) is 15.3. The third-order valence-electron chi connectivity index (χ3n) is 3.91. The van der Waals surface area contributed by atoms with Gasteiger partial charge in [0.15, 0.2) is 11.5 Å². The largest absolute Gasteiger partial charge is 0.486 e. The van der Waals surface area contributed by atoms with Crippen LogP contribution in [0.2, 0.25) is 0 Å². The zero-order chi connectivity index (χ0) is 17.1. The number of carbonyl (C=O) groups is 1. The van der Waals surface area contributed by atoms with Crippen LogP contribution in [0.25, 0.3) is 11.1 Å². The van der Waals surface area contributed by atoms with Crippen LogP contribution in [0, 0.1) is 0 Å². The number of hydrogen-bond donors (Lipinski definition) is 0. The minimum atomic E-state index is -0.501. The van der Waals surface area contributed by atoms with Crippen molar-refractivity contribution in [1.29, 1.82) is 0 Å². The van der Waals surface area contributed by atoms with Gasteiger partial charge in [-0.25, -0.2) is 4.79 Å². The average Bonchev–Trinajstić information content (AvgIpc) is 3.16. The number of esters is 1. The number of benzene rings is 2. The third-order valence-corrected chi connectivity index (χ3v) is 3.91. The molecule has 1 aromatic heterocycles. The van der Waals surface area contributed by atoms with E-state index in [2.05, 4.69) is 0 Å². The molecule has 25 heavy (non-hydrogen) atoms. The van der Waals surface area contributed by atoms with Crippen LogP contribution in [-0.2, 0) is 11.3 Å². The molecule has 2 aromatic carbocycles. The van der Waals surface area contributed by atoms with E-state index in [1.807, 2.05) is 48.5 Å². The third kappa shape index (κ3) is 3.21. The average molecular weight is 336 g/mol. The monoisotopic (exact) mass is 336 g/mol. The Morgan fingerprint density at radius 2 is 1.76 bits per heavy atom. The molecule has 0 unspecified atom stereocenters. The van der Waals surface area contributed by atoms with Crippen LogP contribution < -0.4 is 9.47 Å². The Kier molecular flexibility index (Phi) is 4.12. The summed E-state index contributed by atoms with van der Waals surface area (Å²) < 4.78 is 21.8. The van der Waals surface area contributed by atoms with Crippen LogP contribution >= 0.6 is 0 Å². The van der Waals surface area contributed by atoms with Crippen molar-refractivity contribution in [3.63, 3.8) is 0 Å². The summed E-state index contributed by atoms with van der Waals surface area (Å²) in [6.07, 6.45) is 1.49. The maximum atomic E-state index is 12.4. The lowest BCUT2D eigenvalue weighted by atomic mass is 10.1. The van der Waals surface area contributed by atoms with E-state index < -0.39 is 5.97 Å². The molecule has 0 bridgehead atoms. The van der Waals surface area contributed by atoms with Gasteiger partial charge in [0.05, 0.1) is 6.26 Å². The Bertz CT molecular complexity index is 882. The van der Waals surface area contributed by atoms with Gasteiger partial charge in [-0.05, 0) is 29.3 Å². The molecule has 0 aliphatic carbocycles. The topological polar surface area (TPSA) is 57.9 Å². The highest BCUT2D eigenvalue weighted by Gasteiger charge is 2.19. The predicted octanol–water partition coefficient (Wildman–Crippen LogP) is 4.07. The quantitative estimate of drug-likeness (QED) is 0.672. The summed E-state index contributed by atoms with van der Waals surface area (Å²) in [5, 5.41) is 0. The maximum absolute atomic E-state index is 12.4. The fourth-order valence-corrected chi connectivity index (χ4v) is 2.70. The van der Waals surface area contributed by atoms with Crippen LogP contribution in [0.3, 0.4) is 0 Å². The van der Waals surface area contributed by atoms with Crippen molar-refractivity contribution in [2.45, 2.75) is 6.61 Å². The molecule has 0 radical (unpaired) electrons. The zero-order valence-corrected chi connectivity index (χ0v) is 13.4. The minimum absolute atomic E-state index is 0.129. The molecule has 0 saturated heterocycles. The van der Waals surface area contributed by atoms with E-state index in [0.717, 1.165) is 11.1 Å². The van der Waals surface area contributed by atoms with Gasteiger partial charge in [0.1, 0.15) is 19.8 Å². The molecule has 0 atom stereocenters. The van der Waals surface area contributed by atoms with Gasteiger partial charge in [0.25, 0.3) is 0 Å². The van der Waals surface area contributed by atoms with Gasteiger partial charge in [0, 0.05) is 5.56 Å². The summed E-state index contributed by atoms with van der Waals surface area (Å²) >= 11 is 0. The Hall–Kier alpha value is -3.21. The highest BCUT2D eigenvalue weighted by molar-refractivity contribution is 5.94. The van der Waals surface area contributed by atoms with Crippen LogP contribution in [-0.4, -0.2) is 19.2 Å². The molecule has 5 heteroatoms. The normalized spacial score (nSPS) is 12.6. The first-order valence-corrected chi connectivity index (χ1v) is 8.00. The van der Waals surface area contributed by atoms with E-state index in [9.17, 15) is 4.79 Å². The lowest BCUT2D eigenvalue weighted by Crippen LogP contribution is -2.15. The van der Waals surface area contributed by atoms with Crippen molar-refractivity contribution in [1.82, 2.24) is 0 Å². The Labute approximate surface area is 144 Å². The SMILES string of the molecule is O=C(OCc1ccc2c(c1)OCCO2)c1occc1-c1ccccc1. The van der Waals surface area contributed by atoms with Crippen molar-refractivity contribution < 1.29 is 23.4 Å². The second-order valence-corrected chi connectivity index (χ2v) is 5.58. The second-order valence-electron chi connectivity index (χ2n) is 5.58. The summed E-state index contributed by atoms with van der Waals surface area (Å²) in [5.74, 6) is 1.07. The van der Waals surface area contributed by atoms with Crippen molar-refractivity contribution in [2.75, 3.05) is 13.2 Å². The molecule has 1 aliphatic rings. The first-order chi connectivity index (χ1) is 12.3. The van der Waals surface area contributed by atoms with Gasteiger partial charge >= 0.3 is 5.97 Å². The van der Waals surface area contributed by atoms with E-state index >= 15 is 0 Å². The molecule has 0 fully saturated rings. The standard InChI is InChI=1S/C20H16O5/c21-20(19-16(8-9-24-19)15-4-2-1-3-5-15)25-13-14-6-7-17-18(12-14)23-11-10-22-17/h1-9,12H,10-11,13H2. The van der Waals surface area contributed by atoms with Crippen molar-refractivity contribution >= 4 is 5.97 Å². The van der Waals surface area contributed by atoms with Crippen LogP contribution in [0.15, 0.2) is 65.3 Å². The second kappa shape index (κ2) is 6.73. The van der Waals surface area contributed by atoms with Gasteiger partial charge in [-0.15, -0.1) is 0 Å². The lowest BCUT2D eigenvalue weighted by Gasteiger charge is -2.18. The van der Waals surface area contributed by atoms with E-state index in [0.29, 0.717) is 30.3 Å². The predicted molar refractivity (Wildman–Crippen MR) is 90.7 cm³/mol. The Balaban J connectivity index is 1.48. The molecule has 0 saturated carbocycles. The number of fused-ring (bicyclic) bond motifs is 1. The van der Waals surface area contributed by atoms with E-state index in [4.69, 9.17) is 18.6 Å². The first-order valence-electron chi connectivity index (χ1n) is 8.00. The fourth-order valence-electron chi connectivity index (χ4n) is 2.70. The summed E-state index contributed by atoms with van der Waals surface area (Å²) in [7, 11) is 0. The molecule has 1 aliphatic heterocycles. The van der Waals surface area contributed by atoms with E-state index in [1.165, 1.54) is 6.26 Å². The van der Waals surface area contributed by atoms with Crippen molar-refractivity contribution in [2.24, 2.45) is 0 Å². The molecular weight excluding hydrogens is 320 g/mol. The minimum Gasteiger partial charge on any atom is -0.486 e. The van der Waals surface area contributed by atoms with Gasteiger partial charge in [0.2, 0.25) is 5.76 Å². The van der Waals surface area contributed by atoms with Gasteiger partial charge < -0.3 is 18.6 Å². The number of furan rings is 1. The highest BCUT2D eigenvalue weighted by Crippen LogP contribution is 2.31. The molecule has 0 amide bonds. The van der Waals surface area contributed by atoms with Crippen LogP contribution in [0.1, 0.15) is 16.1 Å². The molecule has 126 valence electrons. The van der Waals surface area contributed by atoms with E-state index in [-0.39, 0.29) is 12.4 Å². The van der Waals surface area contributed by atoms with Crippen molar-refractivity contribution in [3.8, 4) is 22.6 Å². The molecule has 3 aromatic rings. The lowest BCUT2D eigenvalue weighted by molar-refractivity contribution is 0.0436. The van der Waals surface area contributed by atoms with Gasteiger partial charge in [-0.3, -0.25) is 0 Å². The number of hydrogen-bond acceptors (Lipinski definition) is 5. The Morgan fingerprint density at radius 1 is 0.960 bits per heavy atom. The summed E-state index contributed by atoms with van der Waals surface area (Å²) in [6.45, 7) is 1.19. The van der Waals surface area contributed by atoms with Gasteiger partial charge in [-0.2, -0.15) is 0 Å². The summed E-state index contributed by atoms with van der Waals surface area (Å²) in [5.41, 5.74) is 2.45. The summed E-state index contributed by atoms with van der Waals surface area (Å²) in [4.78, 5) is 12.4. The van der Waals surface area contributed by atoms with Gasteiger partial charge in [-0.1, -0.05) is 36.4 Å². The molecule has 4 rings (SSSR count). The molecular formula is C20H16O5. The molecule has 0 N–H and O–H groups in total. The van der Waals surface area contributed by atoms with E-state index in [1.54, 1.807) is 6.07 Å². The molecule has 2 heterocycles. The van der Waals surface area contributed by atoms with Crippen LogP contribution in [0.5, 0.6) is 11.5 Å². The molecule has 0 spiro atoms. The number of carbonyl (C=O) groups excluding carboxylic acids is 1. The number of ether oxygens (including phenoxy) is 3.